The van der Waals surface area contributed by atoms with Gasteiger partial charge >= 0.3 is 6.36 Å². The Morgan fingerprint density at radius 3 is 2.65 bits per heavy atom. The third-order valence-electron chi connectivity index (χ3n) is 3.83. The van der Waals surface area contributed by atoms with Crippen LogP contribution in [0.15, 0.2) is 24.3 Å². The Morgan fingerprint density at radius 2 is 1.95 bits per heavy atom. The van der Waals surface area contributed by atoms with Gasteiger partial charge in [0.15, 0.2) is 5.75 Å². The number of alkyl halides is 3. The minimum Gasteiger partial charge on any atom is -0.404 e. The van der Waals surface area contributed by atoms with Crippen molar-refractivity contribution in [1.82, 2.24) is 5.32 Å². The van der Waals surface area contributed by atoms with E-state index in [1.54, 1.807) is 18.2 Å². The summed E-state index contributed by atoms with van der Waals surface area (Å²) in [5.41, 5.74) is 0.525. The van der Waals surface area contributed by atoms with Gasteiger partial charge in [-0.25, -0.2) is 0 Å². The third-order valence-corrected chi connectivity index (χ3v) is 3.83. The van der Waals surface area contributed by atoms with Gasteiger partial charge in [-0.1, -0.05) is 12.1 Å². The number of hydrogen-bond donors (Lipinski definition) is 1. The zero-order valence-corrected chi connectivity index (χ0v) is 11.0. The van der Waals surface area contributed by atoms with E-state index in [0.717, 1.165) is 13.1 Å². The molecule has 1 aliphatic heterocycles. The number of piperazine rings is 1. The van der Waals surface area contributed by atoms with E-state index in [-0.39, 0.29) is 5.75 Å². The van der Waals surface area contributed by atoms with Crippen molar-refractivity contribution < 1.29 is 17.9 Å². The quantitative estimate of drug-likeness (QED) is 0.924. The molecule has 1 N–H and O–H groups in total. The van der Waals surface area contributed by atoms with Gasteiger partial charge in [0.25, 0.3) is 0 Å². The normalized spacial score (nSPS) is 23.8. The fraction of sp³-hybridized carbons (Fsp3) is 0.571. The number of halogens is 3. The number of anilines is 1. The average molecular weight is 286 g/mol. The lowest BCUT2D eigenvalue weighted by Crippen LogP contribution is -2.51. The Balaban J connectivity index is 1.78. The zero-order chi connectivity index (χ0) is 14.2. The number of nitrogens with zero attached hydrogens (tertiary/aromatic N) is 1. The maximum atomic E-state index is 12.5. The molecule has 2 fully saturated rings. The van der Waals surface area contributed by atoms with Crippen molar-refractivity contribution in [3.05, 3.63) is 24.3 Å². The summed E-state index contributed by atoms with van der Waals surface area (Å²) < 4.78 is 41.5. The summed E-state index contributed by atoms with van der Waals surface area (Å²) in [6, 6.07) is 6.74. The van der Waals surface area contributed by atoms with E-state index in [0.29, 0.717) is 24.2 Å². The van der Waals surface area contributed by atoms with E-state index >= 15 is 0 Å². The van der Waals surface area contributed by atoms with Crippen LogP contribution >= 0.6 is 0 Å². The molecule has 1 atom stereocenters. The molecular formula is C14H17F3N2O. The van der Waals surface area contributed by atoms with Crippen LogP contribution in [0.1, 0.15) is 12.8 Å². The van der Waals surface area contributed by atoms with Gasteiger partial charge in [-0.2, -0.15) is 0 Å². The summed E-state index contributed by atoms with van der Waals surface area (Å²) in [6.07, 6.45) is -2.22. The van der Waals surface area contributed by atoms with Crippen molar-refractivity contribution in [2.45, 2.75) is 25.2 Å². The van der Waals surface area contributed by atoms with Gasteiger partial charge in [-0.05, 0) is 30.9 Å². The Hall–Kier alpha value is -1.43. The summed E-state index contributed by atoms with van der Waals surface area (Å²) in [7, 11) is 0. The van der Waals surface area contributed by atoms with Crippen LogP contribution in [0.4, 0.5) is 18.9 Å². The van der Waals surface area contributed by atoms with Gasteiger partial charge in [-0.3, -0.25) is 0 Å². The summed E-state index contributed by atoms with van der Waals surface area (Å²) in [5, 5.41) is 3.44. The maximum absolute atomic E-state index is 12.5. The molecule has 0 spiro atoms. The van der Waals surface area contributed by atoms with Crippen molar-refractivity contribution in [3.8, 4) is 5.75 Å². The van der Waals surface area contributed by atoms with Gasteiger partial charge in [0.2, 0.25) is 0 Å². The van der Waals surface area contributed by atoms with Crippen LogP contribution in [0.25, 0.3) is 0 Å². The van der Waals surface area contributed by atoms with Gasteiger partial charge in [-0.15, -0.1) is 13.2 Å². The first-order valence-corrected chi connectivity index (χ1v) is 6.86. The third kappa shape index (κ3) is 3.17. The van der Waals surface area contributed by atoms with Crippen molar-refractivity contribution in [2.75, 3.05) is 24.5 Å². The lowest BCUT2D eigenvalue weighted by Gasteiger charge is -2.36. The van der Waals surface area contributed by atoms with Gasteiger partial charge in [0.05, 0.1) is 5.69 Å². The van der Waals surface area contributed by atoms with Crippen LogP contribution in [-0.2, 0) is 0 Å². The SMILES string of the molecule is FC(F)(F)Oc1ccccc1N1CCNC(C2CC2)C1. The lowest BCUT2D eigenvalue weighted by molar-refractivity contribution is -0.274. The first-order valence-electron chi connectivity index (χ1n) is 6.86. The number of ether oxygens (including phenoxy) is 1. The van der Waals surface area contributed by atoms with Crippen molar-refractivity contribution in [3.63, 3.8) is 0 Å². The summed E-state index contributed by atoms with van der Waals surface area (Å²) in [4.78, 5) is 1.99. The summed E-state index contributed by atoms with van der Waals surface area (Å²) in [5.74, 6) is 0.560. The highest BCUT2D eigenvalue weighted by Gasteiger charge is 2.36. The highest BCUT2D eigenvalue weighted by atomic mass is 19.4. The first-order chi connectivity index (χ1) is 9.53. The molecule has 0 radical (unpaired) electrons. The van der Waals surface area contributed by atoms with Crippen molar-refractivity contribution in [2.24, 2.45) is 5.92 Å². The molecular weight excluding hydrogens is 269 g/mol. The van der Waals surface area contributed by atoms with E-state index in [9.17, 15) is 13.2 Å². The number of nitrogens with one attached hydrogen (secondary N) is 1. The molecule has 2 aliphatic rings. The predicted molar refractivity (Wildman–Crippen MR) is 69.9 cm³/mol. The van der Waals surface area contributed by atoms with Crippen LogP contribution < -0.4 is 15.0 Å². The molecule has 1 aromatic carbocycles. The maximum Gasteiger partial charge on any atom is 0.573 e. The molecule has 1 heterocycles. The monoisotopic (exact) mass is 286 g/mol. The van der Waals surface area contributed by atoms with E-state index in [4.69, 9.17) is 0 Å². The molecule has 1 aromatic rings. The second-order valence-electron chi connectivity index (χ2n) is 5.36. The van der Waals surface area contributed by atoms with E-state index in [2.05, 4.69) is 10.1 Å². The largest absolute Gasteiger partial charge is 0.573 e. The molecule has 0 bridgehead atoms. The molecule has 6 heteroatoms. The molecule has 0 aromatic heterocycles. The second-order valence-corrected chi connectivity index (χ2v) is 5.36. The highest BCUT2D eigenvalue weighted by molar-refractivity contribution is 5.59. The minimum absolute atomic E-state index is 0.114. The minimum atomic E-state index is -4.65. The van der Waals surface area contributed by atoms with Crippen molar-refractivity contribution >= 4 is 5.69 Å². The highest BCUT2D eigenvalue weighted by Crippen LogP contribution is 2.37. The standard InChI is InChI=1S/C14H17F3N2O/c15-14(16,17)20-13-4-2-1-3-12(13)19-8-7-18-11(9-19)10-5-6-10/h1-4,10-11,18H,5-9H2. The second kappa shape index (κ2) is 5.16. The van der Waals surface area contributed by atoms with Gasteiger partial charge in [0, 0.05) is 25.7 Å². The Bertz CT molecular complexity index is 474. The molecule has 3 rings (SSSR count). The molecule has 0 amide bonds. The van der Waals surface area contributed by atoms with E-state index in [1.165, 1.54) is 18.9 Å². The number of para-hydroxylation sites is 2. The number of hydrogen-bond acceptors (Lipinski definition) is 3. The fourth-order valence-corrected chi connectivity index (χ4v) is 2.74. The van der Waals surface area contributed by atoms with E-state index < -0.39 is 6.36 Å². The zero-order valence-electron chi connectivity index (χ0n) is 11.0. The van der Waals surface area contributed by atoms with Crippen LogP contribution in [0.5, 0.6) is 5.75 Å². The van der Waals surface area contributed by atoms with Crippen molar-refractivity contribution in [1.29, 1.82) is 0 Å². The Kier molecular flexibility index (Phi) is 3.50. The summed E-state index contributed by atoms with van der Waals surface area (Å²) in [6.45, 7) is 2.23. The topological polar surface area (TPSA) is 24.5 Å². The summed E-state index contributed by atoms with van der Waals surface area (Å²) >= 11 is 0. The van der Waals surface area contributed by atoms with E-state index in [1.807, 2.05) is 4.90 Å². The predicted octanol–water partition coefficient (Wildman–Crippen LogP) is 2.77. The first kappa shape index (κ1) is 13.5. The molecule has 3 nitrogen and oxygen atoms in total. The van der Waals surface area contributed by atoms with Gasteiger partial charge < -0.3 is 15.0 Å². The van der Waals surface area contributed by atoms with Crippen LogP contribution in [0.2, 0.25) is 0 Å². The van der Waals surface area contributed by atoms with Crippen LogP contribution in [-0.4, -0.2) is 32.0 Å². The fourth-order valence-electron chi connectivity index (χ4n) is 2.74. The van der Waals surface area contributed by atoms with Crippen LogP contribution in [0.3, 0.4) is 0 Å². The number of rotatable bonds is 3. The Labute approximate surface area is 115 Å². The van der Waals surface area contributed by atoms with Gasteiger partial charge in [0.1, 0.15) is 0 Å². The Morgan fingerprint density at radius 1 is 1.20 bits per heavy atom. The average Bonchev–Trinajstić information content (AvgIpc) is 3.22. The molecule has 110 valence electrons. The smallest absolute Gasteiger partial charge is 0.404 e. The molecule has 20 heavy (non-hydrogen) atoms. The molecule has 1 unspecified atom stereocenters. The lowest BCUT2D eigenvalue weighted by atomic mass is 10.1. The molecule has 1 saturated heterocycles. The number of benzene rings is 1. The molecule has 1 saturated carbocycles. The van der Waals surface area contributed by atoms with Crippen LogP contribution in [0, 0.1) is 5.92 Å². The molecule has 1 aliphatic carbocycles.